The van der Waals surface area contributed by atoms with Crippen molar-refractivity contribution in [3.05, 3.63) is 53.2 Å². The largest absolute Gasteiger partial charge is 0.478 e. The molecule has 0 radical (unpaired) electrons. The minimum atomic E-state index is -4.63. The zero-order valence-corrected chi connectivity index (χ0v) is 16.2. The number of aromatic nitrogens is 1. The van der Waals surface area contributed by atoms with Gasteiger partial charge in [-0.3, -0.25) is 4.79 Å². The van der Waals surface area contributed by atoms with Gasteiger partial charge in [-0.05, 0) is 56.7 Å². The van der Waals surface area contributed by atoms with Crippen LogP contribution >= 0.6 is 0 Å². The summed E-state index contributed by atoms with van der Waals surface area (Å²) >= 11 is 0. The molecule has 0 aliphatic rings. The number of nitrogens with one attached hydrogen (secondary N) is 1. The van der Waals surface area contributed by atoms with E-state index in [2.05, 4.69) is 10.3 Å². The first-order valence-electron chi connectivity index (χ1n) is 9.03. The predicted molar refractivity (Wildman–Crippen MR) is 103 cm³/mol. The smallest absolute Gasteiger partial charge is 0.416 e. The molecule has 6 nitrogen and oxygen atoms in total. The number of benzene rings is 1. The number of hydrogen-bond acceptors (Lipinski definition) is 4. The van der Waals surface area contributed by atoms with E-state index < -0.39 is 23.6 Å². The molecule has 1 amide bonds. The molecule has 0 bridgehead atoms. The molecule has 2 rings (SSSR count). The SMILES string of the molecule is CCCN(c1cc(C(F)(F)F)cc(C(=O)Nc2ccc(C(=O)O)cc2)n1)C(C)C. The lowest BCUT2D eigenvalue weighted by Crippen LogP contribution is -2.33. The number of carboxylic acids is 1. The van der Waals surface area contributed by atoms with Crippen LogP contribution in [0.25, 0.3) is 0 Å². The highest BCUT2D eigenvalue weighted by atomic mass is 19.4. The second kappa shape index (κ2) is 8.93. The number of carbonyl (C=O) groups is 2. The molecule has 156 valence electrons. The first kappa shape index (κ1) is 22.2. The quantitative estimate of drug-likeness (QED) is 0.694. The van der Waals surface area contributed by atoms with Crippen LogP contribution in [-0.2, 0) is 6.18 Å². The molecule has 1 aromatic carbocycles. The highest BCUT2D eigenvalue weighted by molar-refractivity contribution is 6.03. The van der Waals surface area contributed by atoms with Crippen molar-refractivity contribution in [2.45, 2.75) is 39.4 Å². The van der Waals surface area contributed by atoms with Gasteiger partial charge in [0.15, 0.2) is 0 Å². The summed E-state index contributed by atoms with van der Waals surface area (Å²) < 4.78 is 40.1. The number of alkyl halides is 3. The van der Waals surface area contributed by atoms with Crippen molar-refractivity contribution in [2.75, 3.05) is 16.8 Å². The third-order valence-electron chi connectivity index (χ3n) is 4.14. The van der Waals surface area contributed by atoms with Crippen molar-refractivity contribution in [1.29, 1.82) is 0 Å². The van der Waals surface area contributed by atoms with E-state index >= 15 is 0 Å². The summed E-state index contributed by atoms with van der Waals surface area (Å²) in [6.07, 6.45) is -3.93. The van der Waals surface area contributed by atoms with Crippen molar-refractivity contribution in [3.63, 3.8) is 0 Å². The molecular weight excluding hydrogens is 387 g/mol. The molecule has 0 unspecified atom stereocenters. The van der Waals surface area contributed by atoms with Crippen LogP contribution in [0.4, 0.5) is 24.7 Å². The molecule has 9 heteroatoms. The summed E-state index contributed by atoms with van der Waals surface area (Å²) in [6, 6.07) is 6.81. The van der Waals surface area contributed by atoms with Crippen LogP contribution in [0.15, 0.2) is 36.4 Å². The first-order valence-corrected chi connectivity index (χ1v) is 9.03. The number of carbonyl (C=O) groups excluding carboxylic acids is 1. The Labute approximate surface area is 166 Å². The summed E-state index contributed by atoms with van der Waals surface area (Å²) in [7, 11) is 0. The van der Waals surface area contributed by atoms with Gasteiger partial charge in [-0.2, -0.15) is 13.2 Å². The lowest BCUT2D eigenvalue weighted by atomic mass is 10.1. The molecule has 0 spiro atoms. The fraction of sp³-hybridized carbons (Fsp3) is 0.350. The van der Waals surface area contributed by atoms with Crippen LogP contribution in [0.3, 0.4) is 0 Å². The van der Waals surface area contributed by atoms with Crippen LogP contribution < -0.4 is 10.2 Å². The van der Waals surface area contributed by atoms with E-state index in [1.54, 1.807) is 4.90 Å². The number of hydrogen-bond donors (Lipinski definition) is 2. The molecule has 2 N–H and O–H groups in total. The maximum atomic E-state index is 13.4. The van der Waals surface area contributed by atoms with Gasteiger partial charge in [0.25, 0.3) is 5.91 Å². The number of aromatic carboxylic acids is 1. The Morgan fingerprint density at radius 2 is 1.79 bits per heavy atom. The fourth-order valence-electron chi connectivity index (χ4n) is 2.71. The normalized spacial score (nSPS) is 11.4. The number of anilines is 2. The van der Waals surface area contributed by atoms with Gasteiger partial charge in [-0.1, -0.05) is 6.92 Å². The predicted octanol–water partition coefficient (Wildman–Crippen LogP) is 4.68. The summed E-state index contributed by atoms with van der Waals surface area (Å²) in [5.41, 5.74) is -1.07. The highest BCUT2D eigenvalue weighted by Crippen LogP contribution is 2.32. The number of pyridine rings is 1. The van der Waals surface area contributed by atoms with Gasteiger partial charge in [-0.25, -0.2) is 9.78 Å². The highest BCUT2D eigenvalue weighted by Gasteiger charge is 2.33. The number of halogens is 3. The second-order valence-electron chi connectivity index (χ2n) is 6.72. The standard InChI is InChI=1S/C20H22F3N3O3/c1-4-9-26(12(2)3)17-11-14(20(21,22)23)10-16(25-17)18(27)24-15-7-5-13(6-8-15)19(28)29/h5-8,10-12H,4,9H2,1-3H3,(H,24,27)(H,28,29). The molecule has 0 aliphatic heterocycles. The average molecular weight is 409 g/mol. The maximum Gasteiger partial charge on any atom is 0.416 e. The van der Waals surface area contributed by atoms with Crippen LogP contribution in [0.1, 0.15) is 53.6 Å². The van der Waals surface area contributed by atoms with Gasteiger partial charge in [-0.15, -0.1) is 0 Å². The van der Waals surface area contributed by atoms with Gasteiger partial charge in [0.05, 0.1) is 11.1 Å². The van der Waals surface area contributed by atoms with Gasteiger partial charge in [0.2, 0.25) is 0 Å². The molecule has 2 aromatic rings. The Balaban J connectivity index is 2.40. The topological polar surface area (TPSA) is 82.5 Å². The molecule has 0 fully saturated rings. The van der Waals surface area contributed by atoms with E-state index in [1.165, 1.54) is 24.3 Å². The Hall–Kier alpha value is -3.10. The monoisotopic (exact) mass is 409 g/mol. The Kier molecular flexibility index (Phi) is 6.84. The Morgan fingerprint density at radius 1 is 1.17 bits per heavy atom. The van der Waals surface area contributed by atoms with Crippen molar-refractivity contribution in [1.82, 2.24) is 4.98 Å². The van der Waals surface area contributed by atoms with E-state index in [4.69, 9.17) is 5.11 Å². The second-order valence-corrected chi connectivity index (χ2v) is 6.72. The minimum absolute atomic E-state index is 0.0228. The summed E-state index contributed by atoms with van der Waals surface area (Å²) in [4.78, 5) is 29.3. The van der Waals surface area contributed by atoms with E-state index in [9.17, 15) is 22.8 Å². The molecule has 0 aliphatic carbocycles. The van der Waals surface area contributed by atoms with Crippen LogP contribution in [0, 0.1) is 0 Å². The zero-order valence-electron chi connectivity index (χ0n) is 16.2. The summed E-state index contributed by atoms with van der Waals surface area (Å²) in [6.45, 7) is 6.06. The molecule has 0 saturated carbocycles. The van der Waals surface area contributed by atoms with Gasteiger partial charge in [0.1, 0.15) is 11.5 Å². The fourth-order valence-corrected chi connectivity index (χ4v) is 2.71. The molecule has 0 atom stereocenters. The lowest BCUT2D eigenvalue weighted by molar-refractivity contribution is -0.137. The Morgan fingerprint density at radius 3 is 2.28 bits per heavy atom. The Bertz CT molecular complexity index is 881. The summed E-state index contributed by atoms with van der Waals surface area (Å²) in [5.74, 6) is -1.87. The molecule has 1 heterocycles. The maximum absolute atomic E-state index is 13.4. The third-order valence-corrected chi connectivity index (χ3v) is 4.14. The van der Waals surface area contributed by atoms with Crippen molar-refractivity contribution < 1.29 is 27.9 Å². The van der Waals surface area contributed by atoms with E-state index in [-0.39, 0.29) is 28.8 Å². The van der Waals surface area contributed by atoms with Gasteiger partial charge < -0.3 is 15.3 Å². The molecular formula is C20H22F3N3O3. The zero-order chi connectivity index (χ0) is 21.8. The van der Waals surface area contributed by atoms with Gasteiger partial charge in [0, 0.05) is 18.3 Å². The molecule has 29 heavy (non-hydrogen) atoms. The van der Waals surface area contributed by atoms with E-state index in [0.29, 0.717) is 19.0 Å². The summed E-state index contributed by atoms with van der Waals surface area (Å²) in [5, 5.41) is 11.4. The molecule has 1 aromatic heterocycles. The van der Waals surface area contributed by atoms with E-state index in [1.807, 2.05) is 20.8 Å². The lowest BCUT2D eigenvalue weighted by Gasteiger charge is -2.28. The number of amides is 1. The third kappa shape index (κ3) is 5.69. The van der Waals surface area contributed by atoms with Gasteiger partial charge >= 0.3 is 12.1 Å². The number of carboxylic acid groups (broad SMARTS) is 1. The van der Waals surface area contributed by atoms with Crippen molar-refractivity contribution in [2.24, 2.45) is 0 Å². The number of rotatable bonds is 7. The van der Waals surface area contributed by atoms with E-state index in [0.717, 1.165) is 6.07 Å². The minimum Gasteiger partial charge on any atom is -0.478 e. The van der Waals surface area contributed by atoms with Crippen LogP contribution in [0.5, 0.6) is 0 Å². The number of nitrogens with zero attached hydrogens (tertiary/aromatic N) is 2. The van der Waals surface area contributed by atoms with Crippen LogP contribution in [-0.4, -0.2) is 34.6 Å². The molecule has 0 saturated heterocycles. The average Bonchev–Trinajstić information content (AvgIpc) is 2.65. The van der Waals surface area contributed by atoms with Crippen molar-refractivity contribution >= 4 is 23.4 Å². The van der Waals surface area contributed by atoms with Crippen molar-refractivity contribution in [3.8, 4) is 0 Å². The first-order chi connectivity index (χ1) is 13.5. The van der Waals surface area contributed by atoms with Crippen LogP contribution in [0.2, 0.25) is 0 Å².